The van der Waals surface area contributed by atoms with Crippen LogP contribution in [0.2, 0.25) is 0 Å². The number of rotatable bonds is 5. The summed E-state index contributed by atoms with van der Waals surface area (Å²) in [5, 5.41) is 14.4. The summed E-state index contributed by atoms with van der Waals surface area (Å²) in [6.07, 6.45) is 0.350. The van der Waals surface area contributed by atoms with E-state index in [9.17, 15) is 4.79 Å². The molecule has 21 heavy (non-hydrogen) atoms. The number of carbonyl (C=O) groups excluding carboxylic acids is 1. The van der Waals surface area contributed by atoms with Crippen molar-refractivity contribution in [3.8, 4) is 0 Å². The molecule has 2 aromatic rings. The molecule has 1 aromatic heterocycles. The van der Waals surface area contributed by atoms with Crippen molar-refractivity contribution in [1.82, 2.24) is 4.90 Å². The number of benzene rings is 1. The number of nitrogens with two attached hydrogens (primary N) is 1. The molecule has 0 spiro atoms. The Morgan fingerprint density at radius 1 is 1.43 bits per heavy atom. The molecular formula is C15H19N3O2S. The lowest BCUT2D eigenvalue weighted by Crippen LogP contribution is -2.39. The SMILES string of the molecule is CC(C)N(CCC(N)=NO)C(=O)c1csc2ccccc12. The Bertz CT molecular complexity index is 664. The molecule has 0 unspecified atom stereocenters. The van der Waals surface area contributed by atoms with Crippen LogP contribution in [0, 0.1) is 0 Å². The molecule has 5 nitrogen and oxygen atoms in total. The molecule has 3 N–H and O–H groups in total. The number of nitrogens with zero attached hydrogens (tertiary/aromatic N) is 2. The highest BCUT2D eigenvalue weighted by Gasteiger charge is 2.21. The smallest absolute Gasteiger partial charge is 0.255 e. The molecule has 0 aliphatic rings. The summed E-state index contributed by atoms with van der Waals surface area (Å²) < 4.78 is 1.10. The fourth-order valence-electron chi connectivity index (χ4n) is 2.18. The zero-order valence-corrected chi connectivity index (χ0v) is 12.9. The largest absolute Gasteiger partial charge is 0.409 e. The number of hydrogen-bond donors (Lipinski definition) is 2. The average Bonchev–Trinajstić information content (AvgIpc) is 2.90. The Morgan fingerprint density at radius 3 is 2.81 bits per heavy atom. The molecule has 0 saturated heterocycles. The number of carbonyl (C=O) groups is 1. The summed E-state index contributed by atoms with van der Waals surface area (Å²) in [6, 6.07) is 7.91. The summed E-state index contributed by atoms with van der Waals surface area (Å²) in [5.74, 6) is 0.108. The Labute approximate surface area is 127 Å². The van der Waals surface area contributed by atoms with Crippen LogP contribution in [-0.4, -0.2) is 34.4 Å². The first-order valence-electron chi connectivity index (χ1n) is 6.78. The molecule has 6 heteroatoms. The van der Waals surface area contributed by atoms with Crippen LogP contribution < -0.4 is 5.73 Å². The van der Waals surface area contributed by atoms with Gasteiger partial charge in [-0.05, 0) is 19.9 Å². The highest BCUT2D eigenvalue weighted by Crippen LogP contribution is 2.27. The van der Waals surface area contributed by atoms with Crippen molar-refractivity contribution in [3.63, 3.8) is 0 Å². The van der Waals surface area contributed by atoms with E-state index < -0.39 is 0 Å². The van der Waals surface area contributed by atoms with Crippen LogP contribution >= 0.6 is 11.3 Å². The lowest BCUT2D eigenvalue weighted by atomic mass is 10.1. The Balaban J connectivity index is 2.26. The zero-order valence-electron chi connectivity index (χ0n) is 12.1. The maximum absolute atomic E-state index is 12.8. The van der Waals surface area contributed by atoms with Crippen molar-refractivity contribution in [2.24, 2.45) is 10.9 Å². The normalized spacial score (nSPS) is 12.0. The third kappa shape index (κ3) is 3.33. The first-order valence-corrected chi connectivity index (χ1v) is 7.66. The molecule has 0 saturated carbocycles. The second kappa shape index (κ2) is 6.58. The Hall–Kier alpha value is -2.08. The van der Waals surface area contributed by atoms with Crippen molar-refractivity contribution >= 4 is 33.2 Å². The number of thiophene rings is 1. The number of hydrogen-bond acceptors (Lipinski definition) is 4. The molecule has 2 rings (SSSR count). The molecular weight excluding hydrogens is 286 g/mol. The van der Waals surface area contributed by atoms with Gasteiger partial charge in [0.15, 0.2) is 0 Å². The quantitative estimate of drug-likeness (QED) is 0.386. The lowest BCUT2D eigenvalue weighted by molar-refractivity contribution is 0.0713. The van der Waals surface area contributed by atoms with Crippen molar-refractivity contribution in [2.45, 2.75) is 26.3 Å². The number of amides is 1. The van der Waals surface area contributed by atoms with E-state index in [0.717, 1.165) is 10.1 Å². The summed E-state index contributed by atoms with van der Waals surface area (Å²) in [6.45, 7) is 4.34. The third-order valence-electron chi connectivity index (χ3n) is 3.33. The Morgan fingerprint density at radius 2 is 2.14 bits per heavy atom. The number of oxime groups is 1. The van der Waals surface area contributed by atoms with Gasteiger partial charge >= 0.3 is 0 Å². The highest BCUT2D eigenvalue weighted by atomic mass is 32.1. The Kier molecular flexibility index (Phi) is 4.80. The summed E-state index contributed by atoms with van der Waals surface area (Å²) >= 11 is 1.56. The fourth-order valence-corrected chi connectivity index (χ4v) is 3.11. The van der Waals surface area contributed by atoms with Gasteiger partial charge in [0.2, 0.25) is 0 Å². The van der Waals surface area contributed by atoms with Gasteiger partial charge in [-0.15, -0.1) is 11.3 Å². The van der Waals surface area contributed by atoms with E-state index in [4.69, 9.17) is 10.9 Å². The molecule has 1 amide bonds. The van der Waals surface area contributed by atoms with Gasteiger partial charge in [0, 0.05) is 34.5 Å². The van der Waals surface area contributed by atoms with E-state index in [2.05, 4.69) is 5.16 Å². The van der Waals surface area contributed by atoms with Gasteiger partial charge in [0.25, 0.3) is 5.91 Å². The molecule has 0 aliphatic heterocycles. The first-order chi connectivity index (χ1) is 10.0. The topological polar surface area (TPSA) is 78.9 Å². The minimum absolute atomic E-state index is 0.0202. The van der Waals surface area contributed by atoms with E-state index in [0.29, 0.717) is 18.5 Å². The summed E-state index contributed by atoms with van der Waals surface area (Å²) in [7, 11) is 0. The molecule has 0 fully saturated rings. The van der Waals surface area contributed by atoms with Crippen LogP contribution in [0.5, 0.6) is 0 Å². The van der Waals surface area contributed by atoms with E-state index in [1.165, 1.54) is 0 Å². The van der Waals surface area contributed by atoms with Crippen LogP contribution in [0.15, 0.2) is 34.8 Å². The highest BCUT2D eigenvalue weighted by molar-refractivity contribution is 7.17. The minimum Gasteiger partial charge on any atom is -0.409 e. The first kappa shape index (κ1) is 15.3. The zero-order chi connectivity index (χ0) is 15.4. The van der Waals surface area contributed by atoms with E-state index >= 15 is 0 Å². The predicted molar refractivity (Wildman–Crippen MR) is 86.0 cm³/mol. The monoisotopic (exact) mass is 305 g/mol. The van der Waals surface area contributed by atoms with Gasteiger partial charge < -0.3 is 15.8 Å². The van der Waals surface area contributed by atoms with Gasteiger partial charge in [0.1, 0.15) is 5.84 Å². The van der Waals surface area contributed by atoms with Crippen molar-refractivity contribution in [2.75, 3.05) is 6.54 Å². The van der Waals surface area contributed by atoms with E-state index in [-0.39, 0.29) is 17.8 Å². The predicted octanol–water partition coefficient (Wildman–Crippen LogP) is 2.89. The number of fused-ring (bicyclic) bond motifs is 1. The second-order valence-corrected chi connectivity index (χ2v) is 5.99. The summed E-state index contributed by atoms with van der Waals surface area (Å²) in [4.78, 5) is 14.5. The van der Waals surface area contributed by atoms with Crippen LogP contribution in [0.25, 0.3) is 10.1 Å². The van der Waals surface area contributed by atoms with Crippen LogP contribution in [0.3, 0.4) is 0 Å². The molecule has 0 bridgehead atoms. The fraction of sp³-hybridized carbons (Fsp3) is 0.333. The standard InChI is InChI=1S/C15H19N3O2S/c1-10(2)18(8-7-14(16)17-20)15(19)12-9-21-13-6-4-3-5-11(12)13/h3-6,9-10,20H,7-8H2,1-2H3,(H2,16,17). The molecule has 1 aromatic carbocycles. The third-order valence-corrected chi connectivity index (χ3v) is 4.30. The number of amidine groups is 1. The van der Waals surface area contributed by atoms with E-state index in [1.807, 2.05) is 43.5 Å². The molecule has 112 valence electrons. The van der Waals surface area contributed by atoms with Crippen molar-refractivity contribution in [3.05, 3.63) is 35.2 Å². The maximum Gasteiger partial charge on any atom is 0.255 e. The second-order valence-electron chi connectivity index (χ2n) is 5.08. The lowest BCUT2D eigenvalue weighted by Gasteiger charge is -2.26. The molecule has 0 atom stereocenters. The van der Waals surface area contributed by atoms with Gasteiger partial charge in [0.05, 0.1) is 5.56 Å². The van der Waals surface area contributed by atoms with Gasteiger partial charge in [-0.3, -0.25) is 4.79 Å². The molecule has 1 heterocycles. The van der Waals surface area contributed by atoms with E-state index in [1.54, 1.807) is 16.2 Å². The van der Waals surface area contributed by atoms with Crippen LogP contribution in [0.4, 0.5) is 0 Å². The van der Waals surface area contributed by atoms with Crippen LogP contribution in [-0.2, 0) is 0 Å². The average molecular weight is 305 g/mol. The summed E-state index contributed by atoms with van der Waals surface area (Å²) in [5.41, 5.74) is 6.21. The maximum atomic E-state index is 12.8. The van der Waals surface area contributed by atoms with Crippen LogP contribution in [0.1, 0.15) is 30.6 Å². The van der Waals surface area contributed by atoms with Gasteiger partial charge in [-0.2, -0.15) is 0 Å². The molecule has 0 radical (unpaired) electrons. The molecule has 0 aliphatic carbocycles. The van der Waals surface area contributed by atoms with Crippen molar-refractivity contribution < 1.29 is 10.0 Å². The van der Waals surface area contributed by atoms with Gasteiger partial charge in [-0.1, -0.05) is 23.4 Å². The minimum atomic E-state index is -0.0202. The van der Waals surface area contributed by atoms with Crippen molar-refractivity contribution in [1.29, 1.82) is 0 Å². The van der Waals surface area contributed by atoms with Gasteiger partial charge in [-0.25, -0.2) is 0 Å².